The number of furan rings is 1. The molecule has 0 saturated heterocycles. The largest absolute Gasteiger partial charge is 0.495 e. The summed E-state index contributed by atoms with van der Waals surface area (Å²) in [5, 5.41) is 8.08. The number of anilines is 2. The maximum Gasteiger partial charge on any atom is 0.323 e. The first kappa shape index (κ1) is 16.3. The van der Waals surface area contributed by atoms with Crippen LogP contribution in [0.25, 0.3) is 21.9 Å². The summed E-state index contributed by atoms with van der Waals surface area (Å²) in [5.74, 6) is 0.551. The van der Waals surface area contributed by atoms with Gasteiger partial charge in [-0.3, -0.25) is 0 Å². The van der Waals surface area contributed by atoms with E-state index in [0.29, 0.717) is 27.7 Å². The van der Waals surface area contributed by atoms with Crippen molar-refractivity contribution in [3.8, 4) is 5.75 Å². The molecule has 1 heterocycles. The number of rotatable bonds is 3. The third-order valence-corrected chi connectivity index (χ3v) is 4.30. The predicted octanol–water partition coefficient (Wildman–Crippen LogP) is 5.89. The van der Waals surface area contributed by atoms with Crippen LogP contribution >= 0.6 is 11.6 Å². The van der Waals surface area contributed by atoms with E-state index in [1.807, 2.05) is 30.3 Å². The van der Waals surface area contributed by atoms with E-state index in [0.717, 1.165) is 16.4 Å². The standard InChI is InChI=1S/C20H15ClN2O3/c1-25-19-10-15-14-4-2-3-5-17(14)26-18(15)11-16(19)23-20(24)22-13-8-6-12(21)7-9-13/h2-11H,1H3,(H2,22,23,24). The Hall–Kier alpha value is -3.18. The highest BCUT2D eigenvalue weighted by molar-refractivity contribution is 6.30. The topological polar surface area (TPSA) is 63.5 Å². The number of hydrogen-bond donors (Lipinski definition) is 2. The summed E-state index contributed by atoms with van der Waals surface area (Å²) in [4.78, 5) is 12.3. The lowest BCUT2D eigenvalue weighted by molar-refractivity contribution is 0.262. The lowest BCUT2D eigenvalue weighted by Crippen LogP contribution is -2.19. The molecule has 26 heavy (non-hydrogen) atoms. The number of urea groups is 1. The molecule has 0 aliphatic heterocycles. The minimum Gasteiger partial charge on any atom is -0.495 e. The highest BCUT2D eigenvalue weighted by Gasteiger charge is 2.14. The molecule has 130 valence electrons. The van der Waals surface area contributed by atoms with Gasteiger partial charge >= 0.3 is 6.03 Å². The van der Waals surface area contributed by atoms with Crippen LogP contribution in [0.1, 0.15) is 0 Å². The molecule has 5 nitrogen and oxygen atoms in total. The number of methoxy groups -OCH3 is 1. The van der Waals surface area contributed by atoms with E-state index >= 15 is 0 Å². The number of fused-ring (bicyclic) bond motifs is 3. The van der Waals surface area contributed by atoms with E-state index in [4.69, 9.17) is 20.8 Å². The number of nitrogens with one attached hydrogen (secondary N) is 2. The van der Waals surface area contributed by atoms with Gasteiger partial charge in [0.25, 0.3) is 0 Å². The molecule has 0 fully saturated rings. The van der Waals surface area contributed by atoms with Crippen LogP contribution in [-0.2, 0) is 0 Å². The lowest BCUT2D eigenvalue weighted by atomic mass is 10.1. The zero-order chi connectivity index (χ0) is 18.1. The first-order valence-corrected chi connectivity index (χ1v) is 8.35. The average Bonchev–Trinajstić information content (AvgIpc) is 3.00. The molecular formula is C20H15ClN2O3. The second-order valence-electron chi connectivity index (χ2n) is 5.73. The van der Waals surface area contributed by atoms with Crippen LogP contribution in [-0.4, -0.2) is 13.1 Å². The van der Waals surface area contributed by atoms with Crippen LogP contribution in [0.2, 0.25) is 5.02 Å². The first-order chi connectivity index (χ1) is 12.6. The number of amides is 2. The highest BCUT2D eigenvalue weighted by Crippen LogP contribution is 2.36. The van der Waals surface area contributed by atoms with E-state index < -0.39 is 0 Å². The molecule has 3 aromatic carbocycles. The number of carbonyl (C=O) groups is 1. The van der Waals surface area contributed by atoms with Gasteiger partial charge in [0.2, 0.25) is 0 Å². The van der Waals surface area contributed by atoms with Crippen LogP contribution in [0.4, 0.5) is 16.2 Å². The molecule has 2 amide bonds. The number of para-hydroxylation sites is 1. The molecule has 0 atom stereocenters. The minimum absolute atomic E-state index is 0.388. The van der Waals surface area contributed by atoms with Crippen molar-refractivity contribution in [1.29, 1.82) is 0 Å². The summed E-state index contributed by atoms with van der Waals surface area (Å²) in [6.45, 7) is 0. The van der Waals surface area contributed by atoms with E-state index in [9.17, 15) is 4.79 Å². The molecule has 0 saturated carbocycles. The van der Waals surface area contributed by atoms with Crippen LogP contribution in [0.3, 0.4) is 0 Å². The molecule has 2 N–H and O–H groups in total. The second kappa shape index (κ2) is 6.61. The van der Waals surface area contributed by atoms with Crippen molar-refractivity contribution in [3.63, 3.8) is 0 Å². The molecule has 4 aromatic rings. The Morgan fingerprint density at radius 1 is 0.962 bits per heavy atom. The molecule has 0 aliphatic rings. The molecule has 1 aromatic heterocycles. The number of carbonyl (C=O) groups excluding carboxylic acids is 1. The van der Waals surface area contributed by atoms with Crippen molar-refractivity contribution in [1.82, 2.24) is 0 Å². The third kappa shape index (κ3) is 3.05. The maximum absolute atomic E-state index is 12.3. The van der Waals surface area contributed by atoms with Crippen LogP contribution in [0.5, 0.6) is 5.75 Å². The smallest absolute Gasteiger partial charge is 0.323 e. The summed E-state index contributed by atoms with van der Waals surface area (Å²) >= 11 is 5.85. The van der Waals surface area contributed by atoms with Crippen molar-refractivity contribution in [2.24, 2.45) is 0 Å². The third-order valence-electron chi connectivity index (χ3n) is 4.05. The van der Waals surface area contributed by atoms with Gasteiger partial charge < -0.3 is 19.8 Å². The molecule has 0 spiro atoms. The van der Waals surface area contributed by atoms with Gasteiger partial charge in [-0.15, -0.1) is 0 Å². The summed E-state index contributed by atoms with van der Waals surface area (Å²) in [7, 11) is 1.56. The van der Waals surface area contributed by atoms with Gasteiger partial charge in [0.05, 0.1) is 12.8 Å². The Kier molecular flexibility index (Phi) is 4.14. The number of hydrogen-bond acceptors (Lipinski definition) is 3. The van der Waals surface area contributed by atoms with Crippen LogP contribution in [0, 0.1) is 0 Å². The average molecular weight is 367 g/mol. The van der Waals surface area contributed by atoms with E-state index in [1.165, 1.54) is 0 Å². The predicted molar refractivity (Wildman–Crippen MR) is 104 cm³/mol. The fourth-order valence-electron chi connectivity index (χ4n) is 2.84. The van der Waals surface area contributed by atoms with Crippen molar-refractivity contribution in [3.05, 3.63) is 65.7 Å². The van der Waals surface area contributed by atoms with E-state index in [-0.39, 0.29) is 6.03 Å². The van der Waals surface area contributed by atoms with Crippen molar-refractivity contribution in [2.45, 2.75) is 0 Å². The summed E-state index contributed by atoms with van der Waals surface area (Å²) in [6, 6.07) is 17.9. The summed E-state index contributed by atoms with van der Waals surface area (Å²) in [5.41, 5.74) is 2.61. The molecule has 0 radical (unpaired) electrons. The Morgan fingerprint density at radius 2 is 1.73 bits per heavy atom. The van der Waals surface area contributed by atoms with Crippen molar-refractivity contribution < 1.29 is 13.9 Å². The first-order valence-electron chi connectivity index (χ1n) is 7.97. The van der Waals surface area contributed by atoms with Gasteiger partial charge in [-0.1, -0.05) is 29.8 Å². The SMILES string of the molecule is COc1cc2c(cc1NC(=O)Nc1ccc(Cl)cc1)oc1ccccc12. The Labute approximate surface area is 154 Å². The van der Waals surface area contributed by atoms with Gasteiger partial charge in [-0.05, 0) is 36.4 Å². The fourth-order valence-corrected chi connectivity index (χ4v) is 2.96. The maximum atomic E-state index is 12.3. The van der Waals surface area contributed by atoms with Gasteiger partial charge in [0.15, 0.2) is 0 Å². The monoisotopic (exact) mass is 366 g/mol. The Bertz CT molecular complexity index is 1100. The number of ether oxygens (including phenoxy) is 1. The van der Waals surface area contributed by atoms with Crippen molar-refractivity contribution in [2.75, 3.05) is 17.7 Å². The highest BCUT2D eigenvalue weighted by atomic mass is 35.5. The van der Waals surface area contributed by atoms with E-state index in [1.54, 1.807) is 37.4 Å². The van der Waals surface area contributed by atoms with Gasteiger partial charge in [0, 0.05) is 27.5 Å². The second-order valence-corrected chi connectivity index (χ2v) is 6.17. The van der Waals surface area contributed by atoms with Gasteiger partial charge in [-0.2, -0.15) is 0 Å². The fraction of sp³-hybridized carbons (Fsp3) is 0.0500. The Balaban J connectivity index is 1.65. The minimum atomic E-state index is -0.388. The zero-order valence-electron chi connectivity index (χ0n) is 13.9. The molecule has 4 rings (SSSR count). The zero-order valence-corrected chi connectivity index (χ0v) is 14.6. The van der Waals surface area contributed by atoms with Crippen LogP contribution in [0.15, 0.2) is 65.1 Å². The molecular weight excluding hydrogens is 352 g/mol. The van der Waals surface area contributed by atoms with Crippen molar-refractivity contribution >= 4 is 50.9 Å². The normalized spacial score (nSPS) is 10.8. The summed E-state index contributed by atoms with van der Waals surface area (Å²) < 4.78 is 11.3. The molecule has 6 heteroatoms. The Morgan fingerprint density at radius 3 is 2.50 bits per heavy atom. The van der Waals surface area contributed by atoms with Crippen LogP contribution < -0.4 is 15.4 Å². The summed E-state index contributed by atoms with van der Waals surface area (Å²) in [6.07, 6.45) is 0. The lowest BCUT2D eigenvalue weighted by Gasteiger charge is -2.11. The molecule has 0 bridgehead atoms. The van der Waals surface area contributed by atoms with Gasteiger partial charge in [0.1, 0.15) is 16.9 Å². The number of halogens is 1. The van der Waals surface area contributed by atoms with E-state index in [2.05, 4.69) is 10.6 Å². The molecule has 0 unspecified atom stereocenters. The number of benzene rings is 3. The quantitative estimate of drug-likeness (QED) is 0.475. The van der Waals surface area contributed by atoms with Gasteiger partial charge in [-0.25, -0.2) is 4.79 Å². The molecule has 0 aliphatic carbocycles.